The van der Waals surface area contributed by atoms with Crippen molar-refractivity contribution in [1.82, 2.24) is 4.90 Å². The molecular weight excluding hydrogens is 415 g/mol. The van der Waals surface area contributed by atoms with E-state index in [1.54, 1.807) is 42.3 Å². The number of anilines is 1. The Hall–Kier alpha value is -2.70. The zero-order chi connectivity index (χ0) is 20.5. The number of para-hydroxylation sites is 1. The number of nitrogens with zero attached hydrogens (tertiary/aromatic N) is 2. The van der Waals surface area contributed by atoms with E-state index >= 15 is 0 Å². The summed E-state index contributed by atoms with van der Waals surface area (Å²) < 4.78 is 10.6. The molecule has 2 amide bonds. The van der Waals surface area contributed by atoms with E-state index in [0.29, 0.717) is 45.8 Å². The molecule has 0 spiro atoms. The average Bonchev–Trinajstić information content (AvgIpc) is 3.33. The maximum absolute atomic E-state index is 12.9. The summed E-state index contributed by atoms with van der Waals surface area (Å²) in [6, 6.07) is 10.1. The van der Waals surface area contributed by atoms with Gasteiger partial charge >= 0.3 is 0 Å². The van der Waals surface area contributed by atoms with Gasteiger partial charge in [0.15, 0.2) is 11.5 Å². The fourth-order valence-electron chi connectivity index (χ4n) is 3.46. The summed E-state index contributed by atoms with van der Waals surface area (Å²) in [7, 11) is 1.62. The zero-order valence-electron chi connectivity index (χ0n) is 15.6. The summed E-state index contributed by atoms with van der Waals surface area (Å²) in [5.74, 6) is 0.620. The van der Waals surface area contributed by atoms with Crippen LogP contribution in [0, 0.1) is 0 Å². The van der Waals surface area contributed by atoms with Crippen molar-refractivity contribution in [3.63, 3.8) is 0 Å². The first kappa shape index (κ1) is 19.6. The minimum Gasteiger partial charge on any atom is -0.454 e. The zero-order valence-corrected chi connectivity index (χ0v) is 17.1. The Balaban J connectivity index is 1.46. The van der Waals surface area contributed by atoms with Crippen LogP contribution in [0.4, 0.5) is 5.69 Å². The number of amides is 2. The molecule has 2 aliphatic heterocycles. The van der Waals surface area contributed by atoms with Gasteiger partial charge in [0.25, 0.3) is 0 Å². The highest BCUT2D eigenvalue weighted by Crippen LogP contribution is 2.40. The molecule has 2 aromatic rings. The van der Waals surface area contributed by atoms with Crippen LogP contribution in [-0.4, -0.2) is 43.1 Å². The molecule has 1 unspecified atom stereocenters. The van der Waals surface area contributed by atoms with Gasteiger partial charge in [-0.05, 0) is 42.3 Å². The number of hydrogen-bond acceptors (Lipinski definition) is 4. The van der Waals surface area contributed by atoms with Crippen LogP contribution >= 0.6 is 23.2 Å². The van der Waals surface area contributed by atoms with Crippen molar-refractivity contribution in [3.8, 4) is 11.5 Å². The number of fused-ring (bicyclic) bond motifs is 1. The second kappa shape index (κ2) is 7.97. The Bertz CT molecular complexity index is 1010. The molecule has 1 fully saturated rings. The van der Waals surface area contributed by atoms with E-state index in [1.807, 2.05) is 12.1 Å². The lowest BCUT2D eigenvalue weighted by molar-refractivity contribution is -0.132. The number of carbonyl (C=O) groups excluding carboxylic acids is 2. The van der Waals surface area contributed by atoms with Crippen molar-refractivity contribution < 1.29 is 19.1 Å². The largest absolute Gasteiger partial charge is 0.454 e. The van der Waals surface area contributed by atoms with Crippen molar-refractivity contribution in [2.45, 2.75) is 12.5 Å². The summed E-state index contributed by atoms with van der Waals surface area (Å²) in [5.41, 5.74) is 1.37. The van der Waals surface area contributed by atoms with Crippen LogP contribution in [0.2, 0.25) is 10.0 Å². The number of halogens is 2. The highest BCUT2D eigenvalue weighted by molar-refractivity contribution is 6.34. The molecule has 8 heteroatoms. The van der Waals surface area contributed by atoms with E-state index in [1.165, 1.54) is 11.0 Å². The van der Waals surface area contributed by atoms with Gasteiger partial charge in [-0.2, -0.15) is 0 Å². The average molecular weight is 433 g/mol. The van der Waals surface area contributed by atoms with E-state index in [2.05, 4.69) is 0 Å². The van der Waals surface area contributed by atoms with Gasteiger partial charge in [-0.25, -0.2) is 0 Å². The molecule has 2 aliphatic rings. The van der Waals surface area contributed by atoms with Crippen LogP contribution in [-0.2, 0) is 9.59 Å². The van der Waals surface area contributed by atoms with E-state index in [0.717, 1.165) is 0 Å². The number of benzene rings is 2. The summed E-state index contributed by atoms with van der Waals surface area (Å²) in [6.07, 6.45) is 3.59. The molecule has 6 nitrogen and oxygen atoms in total. The third kappa shape index (κ3) is 3.78. The van der Waals surface area contributed by atoms with Gasteiger partial charge in [-0.3, -0.25) is 9.59 Å². The molecule has 0 radical (unpaired) electrons. The van der Waals surface area contributed by atoms with E-state index < -0.39 is 6.04 Å². The van der Waals surface area contributed by atoms with Crippen molar-refractivity contribution in [2.75, 3.05) is 25.3 Å². The van der Waals surface area contributed by atoms with Crippen LogP contribution in [0.3, 0.4) is 0 Å². The van der Waals surface area contributed by atoms with Gasteiger partial charge in [0, 0.05) is 19.7 Å². The number of hydrogen-bond donors (Lipinski definition) is 0. The fourth-order valence-corrected chi connectivity index (χ4v) is 3.97. The minimum absolute atomic E-state index is 0.121. The van der Waals surface area contributed by atoms with Crippen molar-refractivity contribution in [3.05, 3.63) is 58.1 Å². The summed E-state index contributed by atoms with van der Waals surface area (Å²) in [6.45, 7) is 0.627. The van der Waals surface area contributed by atoms with Crippen LogP contribution in [0.1, 0.15) is 12.0 Å². The Morgan fingerprint density at radius 3 is 2.79 bits per heavy atom. The normalized spacial score (nSPS) is 18.0. The smallest absolute Gasteiger partial charge is 0.249 e. The van der Waals surface area contributed by atoms with E-state index in [4.69, 9.17) is 32.7 Å². The monoisotopic (exact) mass is 432 g/mol. The SMILES string of the molecule is CN(C(=O)C=Cc1cc(Cl)c2c(c1)OCO2)C1CCN(c2ccccc2Cl)C1=O. The van der Waals surface area contributed by atoms with Gasteiger partial charge in [-0.15, -0.1) is 0 Å². The van der Waals surface area contributed by atoms with Gasteiger partial charge in [0.05, 0.1) is 15.7 Å². The lowest BCUT2D eigenvalue weighted by Gasteiger charge is -2.23. The summed E-state index contributed by atoms with van der Waals surface area (Å²) in [5, 5.41) is 0.928. The lowest BCUT2D eigenvalue weighted by atomic mass is 10.1. The molecule has 1 atom stereocenters. The molecule has 29 heavy (non-hydrogen) atoms. The van der Waals surface area contributed by atoms with E-state index in [9.17, 15) is 9.59 Å². The molecule has 0 N–H and O–H groups in total. The molecule has 2 heterocycles. The van der Waals surface area contributed by atoms with Gasteiger partial charge < -0.3 is 19.3 Å². The third-order valence-electron chi connectivity index (χ3n) is 5.00. The van der Waals surface area contributed by atoms with Gasteiger partial charge in [0.1, 0.15) is 6.04 Å². The second-order valence-electron chi connectivity index (χ2n) is 6.76. The summed E-state index contributed by atoms with van der Waals surface area (Å²) >= 11 is 12.4. The molecule has 4 rings (SSSR count). The predicted octanol–water partition coefficient (Wildman–Crippen LogP) is 4.00. The first-order valence-corrected chi connectivity index (χ1v) is 9.81. The maximum Gasteiger partial charge on any atom is 0.249 e. The Labute approximate surface area is 178 Å². The third-order valence-corrected chi connectivity index (χ3v) is 5.60. The quantitative estimate of drug-likeness (QED) is 0.685. The molecule has 2 aromatic carbocycles. The molecule has 0 aliphatic carbocycles. The molecule has 0 aromatic heterocycles. The Kier molecular flexibility index (Phi) is 5.39. The van der Waals surface area contributed by atoms with Crippen LogP contribution in [0.15, 0.2) is 42.5 Å². The topological polar surface area (TPSA) is 59.1 Å². The Morgan fingerprint density at radius 1 is 1.21 bits per heavy atom. The van der Waals surface area contributed by atoms with Crippen molar-refractivity contribution in [2.24, 2.45) is 0 Å². The van der Waals surface area contributed by atoms with Crippen LogP contribution in [0.5, 0.6) is 11.5 Å². The highest BCUT2D eigenvalue weighted by Gasteiger charge is 2.37. The molecular formula is C21H18Cl2N2O4. The molecule has 1 saturated heterocycles. The van der Waals surface area contributed by atoms with Crippen molar-refractivity contribution >= 4 is 46.8 Å². The lowest BCUT2D eigenvalue weighted by Crippen LogP contribution is -2.42. The minimum atomic E-state index is -0.538. The molecule has 0 saturated carbocycles. The second-order valence-corrected chi connectivity index (χ2v) is 7.58. The highest BCUT2D eigenvalue weighted by atomic mass is 35.5. The van der Waals surface area contributed by atoms with Crippen LogP contribution < -0.4 is 14.4 Å². The first-order chi connectivity index (χ1) is 14.0. The summed E-state index contributed by atoms with van der Waals surface area (Å²) in [4.78, 5) is 28.6. The van der Waals surface area contributed by atoms with Crippen LogP contribution in [0.25, 0.3) is 6.08 Å². The maximum atomic E-state index is 12.9. The van der Waals surface area contributed by atoms with Gasteiger partial charge in [0.2, 0.25) is 18.6 Å². The fraction of sp³-hybridized carbons (Fsp3) is 0.238. The van der Waals surface area contributed by atoms with Gasteiger partial charge in [-0.1, -0.05) is 35.3 Å². The Morgan fingerprint density at radius 2 is 2.00 bits per heavy atom. The van der Waals surface area contributed by atoms with E-state index in [-0.39, 0.29) is 18.6 Å². The first-order valence-electron chi connectivity index (χ1n) is 9.05. The number of rotatable bonds is 4. The standard InChI is InChI=1S/C21H18Cl2N2O4/c1-24(17-8-9-25(21(17)27)16-5-3-2-4-14(16)22)19(26)7-6-13-10-15(23)20-18(11-13)28-12-29-20/h2-7,10-11,17H,8-9,12H2,1H3. The molecule has 0 bridgehead atoms. The predicted molar refractivity (Wildman–Crippen MR) is 112 cm³/mol. The number of ether oxygens (including phenoxy) is 2. The number of likely N-dealkylation sites (N-methyl/N-ethyl adjacent to an activating group) is 1. The molecule has 150 valence electrons. The number of carbonyl (C=O) groups is 2. The van der Waals surface area contributed by atoms with Crippen molar-refractivity contribution in [1.29, 1.82) is 0 Å².